The molecule has 1 atom stereocenters. The summed E-state index contributed by atoms with van der Waals surface area (Å²) >= 11 is 0. The molecule has 1 fully saturated rings. The van der Waals surface area contributed by atoms with Crippen LogP contribution in [0.1, 0.15) is 18.4 Å². The fourth-order valence-corrected chi connectivity index (χ4v) is 4.18. The van der Waals surface area contributed by atoms with Crippen molar-refractivity contribution in [2.45, 2.75) is 19.4 Å². The highest BCUT2D eigenvalue weighted by molar-refractivity contribution is 5.62. The van der Waals surface area contributed by atoms with Crippen LogP contribution in [0.5, 0.6) is 0 Å². The molecule has 4 heteroatoms. The Morgan fingerprint density at radius 1 is 1.07 bits per heavy atom. The summed E-state index contributed by atoms with van der Waals surface area (Å²) in [7, 11) is 2.00. The number of anilines is 1. The van der Waals surface area contributed by atoms with Gasteiger partial charge in [-0.3, -0.25) is 0 Å². The first-order chi connectivity index (χ1) is 14.5. The quantitative estimate of drug-likeness (QED) is 0.411. The van der Waals surface area contributed by atoms with Crippen LogP contribution in [0.3, 0.4) is 0 Å². The van der Waals surface area contributed by atoms with Crippen molar-refractivity contribution in [1.29, 1.82) is 0 Å². The maximum Gasteiger partial charge on any atom is 0.135 e. The molecule has 0 aliphatic heterocycles. The molecule has 1 aromatic heterocycles. The Hall–Kier alpha value is -3.08. The Morgan fingerprint density at radius 2 is 1.83 bits per heavy atom. The molecule has 30 heavy (non-hydrogen) atoms. The van der Waals surface area contributed by atoms with Crippen molar-refractivity contribution in [3.63, 3.8) is 0 Å². The fraction of sp³-hybridized carbons (Fsp3) is 0.231. The van der Waals surface area contributed by atoms with E-state index in [2.05, 4.69) is 66.7 Å². The third-order valence-electron chi connectivity index (χ3n) is 6.20. The molecule has 1 unspecified atom stereocenters. The zero-order valence-electron chi connectivity index (χ0n) is 17.3. The minimum absolute atomic E-state index is 0.389. The van der Waals surface area contributed by atoms with Crippen LogP contribution in [0.4, 0.5) is 5.69 Å². The zero-order chi connectivity index (χ0) is 20.7. The van der Waals surface area contributed by atoms with E-state index in [-0.39, 0.29) is 0 Å². The maximum absolute atomic E-state index is 5.69. The summed E-state index contributed by atoms with van der Waals surface area (Å²) < 4.78 is 5.69. The number of hydrogen-bond acceptors (Lipinski definition) is 3. The van der Waals surface area contributed by atoms with Crippen LogP contribution in [0.2, 0.25) is 0 Å². The van der Waals surface area contributed by atoms with Crippen molar-refractivity contribution in [3.8, 4) is 11.3 Å². The van der Waals surface area contributed by atoms with Gasteiger partial charge in [0.1, 0.15) is 11.2 Å². The third kappa shape index (κ3) is 3.60. The second-order valence-electron chi connectivity index (χ2n) is 8.42. The zero-order valence-corrected chi connectivity index (χ0v) is 17.3. The van der Waals surface area contributed by atoms with Gasteiger partial charge in [-0.1, -0.05) is 55.1 Å². The lowest BCUT2D eigenvalue weighted by Crippen LogP contribution is -2.33. The molecule has 4 nitrogen and oxygen atoms in total. The average molecular weight is 397 g/mol. The van der Waals surface area contributed by atoms with E-state index < -0.39 is 0 Å². The highest BCUT2D eigenvalue weighted by Gasteiger charge is 2.53. The van der Waals surface area contributed by atoms with Gasteiger partial charge >= 0.3 is 0 Å². The Bertz CT molecular complexity index is 1150. The SMILES string of the molecule is C=c1cc(-c2ccc(N(C)[N-]N(Cc3ccccc3)CC34CC=C3C4)cc2)oc1=C. The first kappa shape index (κ1) is 18.9. The molecule has 0 bridgehead atoms. The number of furan rings is 1. The van der Waals surface area contributed by atoms with Crippen molar-refractivity contribution < 1.29 is 4.42 Å². The number of hydrogen-bond donors (Lipinski definition) is 0. The smallest absolute Gasteiger partial charge is 0.135 e. The van der Waals surface area contributed by atoms with Crippen LogP contribution in [-0.4, -0.2) is 18.6 Å². The third-order valence-corrected chi connectivity index (χ3v) is 6.20. The Balaban J connectivity index is 1.30. The van der Waals surface area contributed by atoms with Gasteiger partial charge in [-0.2, -0.15) is 0 Å². The molecule has 152 valence electrons. The van der Waals surface area contributed by atoms with E-state index in [0.717, 1.165) is 35.3 Å². The van der Waals surface area contributed by atoms with E-state index >= 15 is 0 Å². The summed E-state index contributed by atoms with van der Waals surface area (Å²) in [5.74, 6) is 0.791. The number of nitrogens with zero attached hydrogens (tertiary/aromatic N) is 3. The fourth-order valence-electron chi connectivity index (χ4n) is 4.18. The van der Waals surface area contributed by atoms with Gasteiger partial charge in [0.25, 0.3) is 0 Å². The molecule has 0 saturated heterocycles. The summed E-state index contributed by atoms with van der Waals surface area (Å²) in [6.45, 7) is 9.58. The minimum Gasteiger partial charge on any atom is -0.501 e. The van der Waals surface area contributed by atoms with Gasteiger partial charge < -0.3 is 20.0 Å². The molecule has 1 saturated carbocycles. The van der Waals surface area contributed by atoms with Gasteiger partial charge in [0, 0.05) is 28.4 Å². The van der Waals surface area contributed by atoms with Gasteiger partial charge in [-0.25, -0.2) is 0 Å². The van der Waals surface area contributed by atoms with Crippen LogP contribution in [0.25, 0.3) is 30.0 Å². The number of benzene rings is 2. The van der Waals surface area contributed by atoms with Crippen LogP contribution in [0.15, 0.2) is 76.7 Å². The van der Waals surface area contributed by atoms with Gasteiger partial charge in [-0.05, 0) is 62.3 Å². The molecule has 0 amide bonds. The van der Waals surface area contributed by atoms with E-state index in [9.17, 15) is 0 Å². The summed E-state index contributed by atoms with van der Waals surface area (Å²) in [6.07, 6.45) is 4.79. The lowest BCUT2D eigenvalue weighted by molar-refractivity contribution is 0.262. The molecule has 2 aromatic carbocycles. The van der Waals surface area contributed by atoms with Crippen LogP contribution in [0, 0.1) is 5.41 Å². The molecule has 0 N–H and O–H groups in total. The second kappa shape index (κ2) is 7.31. The summed E-state index contributed by atoms with van der Waals surface area (Å²) in [6, 6.07) is 20.7. The minimum atomic E-state index is 0.389. The first-order valence-corrected chi connectivity index (χ1v) is 10.3. The molecule has 2 aliphatic rings. The molecular formula is C26H26N3O-. The van der Waals surface area contributed by atoms with E-state index in [1.807, 2.05) is 30.3 Å². The molecular weight excluding hydrogens is 370 g/mol. The van der Waals surface area contributed by atoms with E-state index in [0.29, 0.717) is 10.8 Å². The van der Waals surface area contributed by atoms with Crippen molar-refractivity contribution in [2.24, 2.45) is 5.41 Å². The van der Waals surface area contributed by atoms with Gasteiger partial charge in [0.05, 0.1) is 0 Å². The van der Waals surface area contributed by atoms with Crippen LogP contribution in [-0.2, 0) is 6.54 Å². The van der Waals surface area contributed by atoms with Gasteiger partial charge in [0.15, 0.2) is 0 Å². The monoisotopic (exact) mass is 396 g/mol. The van der Waals surface area contributed by atoms with Crippen molar-refractivity contribution >= 4 is 18.8 Å². The second-order valence-corrected chi connectivity index (χ2v) is 8.42. The lowest BCUT2D eigenvalue weighted by Gasteiger charge is -2.47. The highest BCUT2D eigenvalue weighted by atomic mass is 16.3. The molecule has 1 heterocycles. The largest absolute Gasteiger partial charge is 0.501 e. The molecule has 5 rings (SSSR count). The summed E-state index contributed by atoms with van der Waals surface area (Å²) in [5.41, 5.74) is 10.9. The number of allylic oxidation sites excluding steroid dienone is 1. The molecule has 0 spiro atoms. The Morgan fingerprint density at radius 3 is 2.40 bits per heavy atom. The van der Waals surface area contributed by atoms with Gasteiger partial charge in [0.2, 0.25) is 0 Å². The predicted molar refractivity (Wildman–Crippen MR) is 123 cm³/mol. The number of fused-ring (bicyclic) bond motifs is 1. The Labute approximate surface area is 177 Å². The highest BCUT2D eigenvalue weighted by Crippen LogP contribution is 2.63. The molecule has 3 aromatic rings. The van der Waals surface area contributed by atoms with Crippen LogP contribution < -0.4 is 15.6 Å². The molecule has 0 radical (unpaired) electrons. The summed E-state index contributed by atoms with van der Waals surface area (Å²) in [5, 5.41) is 4.98. The maximum atomic E-state index is 5.69. The normalized spacial score (nSPS) is 19.2. The predicted octanol–water partition coefficient (Wildman–Crippen LogP) is 4.63. The van der Waals surface area contributed by atoms with E-state index in [4.69, 9.17) is 9.95 Å². The standard InChI is InChI=1S/C26H26N3O/c1-19-15-25(30-20(19)2)22-9-11-24(12-10-22)28(3)27-29(17-21-7-5-4-6-8-21)18-26-14-13-23(26)16-26/h4-13,15H,1-2,14,16-18H2,3H3/q-1. The average Bonchev–Trinajstić information content (AvgIpc) is 3.07. The number of rotatable bonds is 8. The lowest BCUT2D eigenvalue weighted by atomic mass is 9.93. The van der Waals surface area contributed by atoms with Crippen molar-refractivity contribution in [2.75, 3.05) is 18.6 Å². The topological polar surface area (TPSA) is 33.7 Å². The van der Waals surface area contributed by atoms with Crippen molar-refractivity contribution in [1.82, 2.24) is 5.01 Å². The van der Waals surface area contributed by atoms with Gasteiger partial charge in [-0.15, -0.1) is 0 Å². The summed E-state index contributed by atoms with van der Waals surface area (Å²) in [4.78, 5) is 0. The van der Waals surface area contributed by atoms with Crippen molar-refractivity contribution in [3.05, 3.63) is 94.0 Å². The van der Waals surface area contributed by atoms with E-state index in [1.54, 1.807) is 5.57 Å². The molecule has 2 aliphatic carbocycles. The first-order valence-electron chi connectivity index (χ1n) is 10.3. The van der Waals surface area contributed by atoms with Crippen LogP contribution >= 0.6 is 0 Å². The Kier molecular flexibility index (Phi) is 4.61. The van der Waals surface area contributed by atoms with E-state index in [1.165, 1.54) is 18.4 Å².